The van der Waals surface area contributed by atoms with Crippen molar-refractivity contribution in [3.8, 4) is 0 Å². The Morgan fingerprint density at radius 1 is 1.29 bits per heavy atom. The van der Waals surface area contributed by atoms with Gasteiger partial charge in [-0.2, -0.15) is 0 Å². The number of hydrogen-bond donors (Lipinski definition) is 1. The second kappa shape index (κ2) is 6.74. The predicted molar refractivity (Wildman–Crippen MR) is 101 cm³/mol. The van der Waals surface area contributed by atoms with Crippen LogP contribution in [0.3, 0.4) is 0 Å². The summed E-state index contributed by atoms with van der Waals surface area (Å²) >= 11 is 0. The van der Waals surface area contributed by atoms with E-state index in [1.54, 1.807) is 20.2 Å². The van der Waals surface area contributed by atoms with E-state index in [2.05, 4.69) is 10.1 Å². The lowest BCUT2D eigenvalue weighted by atomic mass is 10.0. The average Bonchev–Trinajstić information content (AvgIpc) is 3.26. The number of nitrogen functional groups attached to an aromatic ring is 1. The van der Waals surface area contributed by atoms with Crippen LogP contribution in [0, 0.1) is 11.6 Å². The van der Waals surface area contributed by atoms with Crippen LogP contribution in [0.5, 0.6) is 0 Å². The van der Waals surface area contributed by atoms with Crippen molar-refractivity contribution in [3.05, 3.63) is 53.4 Å². The Hall–Kier alpha value is -3.23. The third-order valence-electron chi connectivity index (χ3n) is 5.02. The molecule has 7 nitrogen and oxygen atoms in total. The van der Waals surface area contributed by atoms with E-state index in [0.29, 0.717) is 35.4 Å². The fourth-order valence-electron chi connectivity index (χ4n) is 3.70. The molecule has 9 heteroatoms. The lowest BCUT2D eigenvalue weighted by Gasteiger charge is -2.26. The van der Waals surface area contributed by atoms with E-state index in [1.807, 2.05) is 4.90 Å². The first kappa shape index (κ1) is 18.1. The van der Waals surface area contributed by atoms with Crippen molar-refractivity contribution < 1.29 is 13.6 Å². The number of carbonyl (C=O) groups is 1. The van der Waals surface area contributed by atoms with Gasteiger partial charge in [0, 0.05) is 32.3 Å². The zero-order valence-corrected chi connectivity index (χ0v) is 15.6. The van der Waals surface area contributed by atoms with Crippen molar-refractivity contribution in [1.29, 1.82) is 0 Å². The van der Waals surface area contributed by atoms with Gasteiger partial charge in [-0.1, -0.05) is 0 Å². The fourth-order valence-corrected chi connectivity index (χ4v) is 3.70. The van der Waals surface area contributed by atoms with E-state index in [0.717, 1.165) is 18.6 Å². The smallest absolute Gasteiger partial charge is 0.259 e. The molecular weight excluding hydrogens is 366 g/mol. The maximum Gasteiger partial charge on any atom is 0.259 e. The summed E-state index contributed by atoms with van der Waals surface area (Å²) in [4.78, 5) is 20.3. The van der Waals surface area contributed by atoms with E-state index in [9.17, 15) is 13.6 Å². The summed E-state index contributed by atoms with van der Waals surface area (Å²) in [6, 6.07) is 4.86. The highest BCUT2D eigenvalue weighted by Gasteiger charge is 2.30. The van der Waals surface area contributed by atoms with Crippen LogP contribution < -0.4 is 10.6 Å². The molecule has 2 aromatic heterocycles. The summed E-state index contributed by atoms with van der Waals surface area (Å²) in [6.07, 6.45) is 2.97. The SMILES string of the molecule is CN(C)C(=O)c1c(N)nn2cnc(N3CCC[C@@H]3c3cc(F)ccc3F)cc12. The predicted octanol–water partition coefficient (Wildman–Crippen LogP) is 2.63. The minimum absolute atomic E-state index is 0.117. The van der Waals surface area contributed by atoms with Gasteiger partial charge in [0.15, 0.2) is 5.82 Å². The normalized spacial score (nSPS) is 16.7. The van der Waals surface area contributed by atoms with Crippen LogP contribution in [0.4, 0.5) is 20.4 Å². The van der Waals surface area contributed by atoms with Crippen LogP contribution in [0.1, 0.15) is 34.8 Å². The van der Waals surface area contributed by atoms with E-state index < -0.39 is 11.6 Å². The molecule has 146 valence electrons. The number of halogens is 2. The first-order chi connectivity index (χ1) is 13.4. The minimum atomic E-state index is -0.478. The number of nitrogens with two attached hydrogens (primary N) is 1. The summed E-state index contributed by atoms with van der Waals surface area (Å²) in [7, 11) is 3.27. The highest BCUT2D eigenvalue weighted by atomic mass is 19.1. The molecule has 0 radical (unpaired) electrons. The molecule has 0 aliphatic carbocycles. The van der Waals surface area contributed by atoms with Crippen molar-refractivity contribution in [2.75, 3.05) is 31.3 Å². The monoisotopic (exact) mass is 386 g/mol. The quantitative estimate of drug-likeness (QED) is 0.749. The molecule has 1 atom stereocenters. The zero-order chi connectivity index (χ0) is 20.0. The molecule has 0 bridgehead atoms. The summed E-state index contributed by atoms with van der Waals surface area (Å²) in [5.41, 5.74) is 7.05. The maximum absolute atomic E-state index is 14.3. The Balaban J connectivity index is 1.79. The van der Waals surface area contributed by atoms with E-state index in [-0.39, 0.29) is 17.8 Å². The van der Waals surface area contributed by atoms with Gasteiger partial charge in [0.25, 0.3) is 5.91 Å². The molecule has 1 aliphatic rings. The maximum atomic E-state index is 14.3. The standard InChI is InChI=1S/C19H20F2N6O/c1-25(2)19(28)17-15-9-16(23-10-27(15)24-18(17)22)26-7-3-4-14(26)12-8-11(20)5-6-13(12)21/h5-6,8-10,14H,3-4,7H2,1-2H3,(H2,22,24)/t14-/m1/s1. The molecule has 4 rings (SSSR count). The molecule has 1 saturated heterocycles. The lowest BCUT2D eigenvalue weighted by Crippen LogP contribution is -2.25. The van der Waals surface area contributed by atoms with Gasteiger partial charge in [-0.25, -0.2) is 18.3 Å². The Bertz CT molecular complexity index is 1060. The third-order valence-corrected chi connectivity index (χ3v) is 5.02. The van der Waals surface area contributed by atoms with Gasteiger partial charge in [-0.3, -0.25) is 4.79 Å². The summed E-state index contributed by atoms with van der Waals surface area (Å²) in [5, 5.41) is 4.14. The first-order valence-electron chi connectivity index (χ1n) is 8.94. The van der Waals surface area contributed by atoms with Gasteiger partial charge < -0.3 is 15.5 Å². The fraction of sp³-hybridized carbons (Fsp3) is 0.316. The Morgan fingerprint density at radius 3 is 2.82 bits per heavy atom. The van der Waals surface area contributed by atoms with Crippen molar-refractivity contribution in [2.45, 2.75) is 18.9 Å². The van der Waals surface area contributed by atoms with Crippen molar-refractivity contribution in [2.24, 2.45) is 0 Å². The molecule has 0 saturated carbocycles. The third kappa shape index (κ3) is 2.92. The molecule has 3 heterocycles. The minimum Gasteiger partial charge on any atom is -0.382 e. The summed E-state index contributed by atoms with van der Waals surface area (Å²) < 4.78 is 29.5. The van der Waals surface area contributed by atoms with Gasteiger partial charge >= 0.3 is 0 Å². The number of anilines is 2. The molecular formula is C19H20F2N6O. The van der Waals surface area contributed by atoms with Crippen LogP contribution in [-0.4, -0.2) is 46.0 Å². The lowest BCUT2D eigenvalue weighted by molar-refractivity contribution is 0.0830. The number of carbonyl (C=O) groups excluding carboxylic acids is 1. The number of rotatable bonds is 3. The average molecular weight is 386 g/mol. The van der Waals surface area contributed by atoms with Gasteiger partial charge in [-0.05, 0) is 31.0 Å². The van der Waals surface area contributed by atoms with Gasteiger partial charge in [0.1, 0.15) is 29.3 Å². The topological polar surface area (TPSA) is 79.8 Å². The van der Waals surface area contributed by atoms with Crippen LogP contribution in [0.15, 0.2) is 30.6 Å². The molecule has 28 heavy (non-hydrogen) atoms. The molecule has 0 spiro atoms. The molecule has 1 aliphatic heterocycles. The van der Waals surface area contributed by atoms with Crippen LogP contribution in [0.2, 0.25) is 0 Å². The number of hydrogen-bond acceptors (Lipinski definition) is 5. The van der Waals surface area contributed by atoms with Crippen LogP contribution in [-0.2, 0) is 0 Å². The van der Waals surface area contributed by atoms with Crippen molar-refractivity contribution in [1.82, 2.24) is 19.5 Å². The molecule has 2 N–H and O–H groups in total. The number of aromatic nitrogens is 3. The summed E-state index contributed by atoms with van der Waals surface area (Å²) in [6.45, 7) is 0.643. The second-order valence-electron chi connectivity index (χ2n) is 7.05. The molecule has 3 aromatic rings. The second-order valence-corrected chi connectivity index (χ2v) is 7.05. The van der Waals surface area contributed by atoms with Crippen LogP contribution >= 0.6 is 0 Å². The first-order valence-corrected chi connectivity index (χ1v) is 8.94. The molecule has 0 unspecified atom stereocenters. The van der Waals surface area contributed by atoms with Gasteiger partial charge in [0.05, 0.1) is 11.6 Å². The highest BCUT2D eigenvalue weighted by Crippen LogP contribution is 2.37. The van der Waals surface area contributed by atoms with Gasteiger partial charge in [-0.15, -0.1) is 5.10 Å². The Morgan fingerprint density at radius 2 is 2.07 bits per heavy atom. The molecule has 1 amide bonds. The van der Waals surface area contributed by atoms with E-state index in [4.69, 9.17) is 5.73 Å². The van der Waals surface area contributed by atoms with E-state index in [1.165, 1.54) is 21.8 Å². The molecule has 1 fully saturated rings. The number of fused-ring (bicyclic) bond motifs is 1. The van der Waals surface area contributed by atoms with Crippen molar-refractivity contribution in [3.63, 3.8) is 0 Å². The van der Waals surface area contributed by atoms with Gasteiger partial charge in [0.2, 0.25) is 0 Å². The number of amides is 1. The highest BCUT2D eigenvalue weighted by molar-refractivity contribution is 6.05. The summed E-state index contributed by atoms with van der Waals surface area (Å²) in [5.74, 6) is -0.512. The van der Waals surface area contributed by atoms with Crippen LogP contribution in [0.25, 0.3) is 5.52 Å². The Kier molecular flexibility index (Phi) is 4.37. The Labute approximate surface area is 160 Å². The van der Waals surface area contributed by atoms with E-state index >= 15 is 0 Å². The number of benzene rings is 1. The van der Waals surface area contributed by atoms with Crippen molar-refractivity contribution >= 4 is 23.1 Å². The largest absolute Gasteiger partial charge is 0.382 e. The molecule has 1 aromatic carbocycles. The zero-order valence-electron chi connectivity index (χ0n) is 15.6. The number of nitrogens with zero attached hydrogens (tertiary/aromatic N) is 5.